The summed E-state index contributed by atoms with van der Waals surface area (Å²) in [6.45, 7) is 3.79. The summed E-state index contributed by atoms with van der Waals surface area (Å²) in [5, 5.41) is 12.1. The minimum atomic E-state index is -1.06. The summed E-state index contributed by atoms with van der Waals surface area (Å²) in [4.78, 5) is 23.3. The van der Waals surface area contributed by atoms with Gasteiger partial charge in [0.25, 0.3) is 5.91 Å². The Hall–Kier alpha value is -1.75. The van der Waals surface area contributed by atoms with Gasteiger partial charge in [-0.05, 0) is 30.5 Å². The fourth-order valence-corrected chi connectivity index (χ4v) is 1.94. The maximum atomic E-state index is 12.1. The van der Waals surface area contributed by atoms with E-state index in [1.807, 2.05) is 13.8 Å². The number of nitrogens with one attached hydrogen (secondary N) is 1. The molecule has 0 aliphatic heterocycles. The average Bonchev–Trinajstić information content (AvgIpc) is 2.36. The molecule has 6 heteroatoms. The van der Waals surface area contributed by atoms with Crippen LogP contribution >= 0.6 is 11.6 Å². The summed E-state index contributed by atoms with van der Waals surface area (Å²) in [5.74, 6) is -1.08. The molecule has 1 unspecified atom stereocenters. The number of rotatable bonds is 6. The Bertz CT molecular complexity index is 502. The molecule has 1 atom stereocenters. The Balaban J connectivity index is 2.91. The summed E-state index contributed by atoms with van der Waals surface area (Å²) >= 11 is 5.82. The van der Waals surface area contributed by atoms with Crippen LogP contribution in [0.3, 0.4) is 0 Å². The second-order valence-corrected chi connectivity index (χ2v) is 5.27. The van der Waals surface area contributed by atoms with Crippen LogP contribution in [-0.4, -0.2) is 30.1 Å². The number of hydrogen-bond donors (Lipinski definition) is 2. The maximum Gasteiger partial charge on any atom is 0.326 e. The Morgan fingerprint density at radius 3 is 2.55 bits per heavy atom. The molecule has 0 saturated carbocycles. The minimum Gasteiger partial charge on any atom is -0.496 e. The van der Waals surface area contributed by atoms with Gasteiger partial charge in [0, 0.05) is 5.02 Å². The number of halogens is 1. The summed E-state index contributed by atoms with van der Waals surface area (Å²) in [6, 6.07) is 3.64. The predicted molar refractivity (Wildman–Crippen MR) is 76.3 cm³/mol. The molecule has 110 valence electrons. The fraction of sp³-hybridized carbons (Fsp3) is 0.429. The highest BCUT2D eigenvalue weighted by molar-refractivity contribution is 6.30. The zero-order chi connectivity index (χ0) is 15.3. The van der Waals surface area contributed by atoms with Crippen LogP contribution in [0, 0.1) is 5.92 Å². The second-order valence-electron chi connectivity index (χ2n) is 4.84. The molecule has 0 aromatic heterocycles. The predicted octanol–water partition coefficient (Wildman–Crippen LogP) is 2.58. The van der Waals surface area contributed by atoms with Gasteiger partial charge in [-0.2, -0.15) is 0 Å². The molecule has 0 spiro atoms. The first-order valence-electron chi connectivity index (χ1n) is 6.22. The van der Waals surface area contributed by atoms with Crippen LogP contribution in [0.25, 0.3) is 0 Å². The SMILES string of the molecule is COc1cc(Cl)ccc1C(=O)NC(CC(C)C)C(=O)O. The van der Waals surface area contributed by atoms with Crippen molar-refractivity contribution in [2.45, 2.75) is 26.3 Å². The van der Waals surface area contributed by atoms with Crippen molar-refractivity contribution in [3.05, 3.63) is 28.8 Å². The van der Waals surface area contributed by atoms with E-state index in [2.05, 4.69) is 5.32 Å². The highest BCUT2D eigenvalue weighted by Crippen LogP contribution is 2.23. The Labute approximate surface area is 122 Å². The third kappa shape index (κ3) is 4.42. The number of carboxylic acid groups (broad SMARTS) is 1. The Morgan fingerprint density at radius 2 is 2.05 bits per heavy atom. The number of aliphatic carboxylic acids is 1. The van der Waals surface area contributed by atoms with Crippen molar-refractivity contribution >= 4 is 23.5 Å². The fourth-order valence-electron chi connectivity index (χ4n) is 1.78. The lowest BCUT2D eigenvalue weighted by Crippen LogP contribution is -2.41. The third-order valence-electron chi connectivity index (χ3n) is 2.72. The molecular weight excluding hydrogens is 282 g/mol. The molecule has 0 radical (unpaired) electrons. The molecule has 0 heterocycles. The summed E-state index contributed by atoms with van der Waals surface area (Å²) in [7, 11) is 1.42. The first kappa shape index (κ1) is 16.3. The van der Waals surface area contributed by atoms with Crippen molar-refractivity contribution in [2.75, 3.05) is 7.11 Å². The molecule has 0 bridgehead atoms. The molecule has 1 amide bonds. The minimum absolute atomic E-state index is 0.156. The number of carbonyl (C=O) groups is 2. The first-order chi connectivity index (χ1) is 9.35. The monoisotopic (exact) mass is 299 g/mol. The van der Waals surface area contributed by atoms with Crippen molar-refractivity contribution < 1.29 is 19.4 Å². The number of carbonyl (C=O) groups excluding carboxylic acids is 1. The van der Waals surface area contributed by atoms with Crippen LogP contribution < -0.4 is 10.1 Å². The molecule has 5 nitrogen and oxygen atoms in total. The normalized spacial score (nSPS) is 12.1. The number of amides is 1. The Morgan fingerprint density at radius 1 is 1.40 bits per heavy atom. The Kier molecular flexibility index (Phi) is 5.82. The first-order valence-corrected chi connectivity index (χ1v) is 6.60. The number of benzene rings is 1. The zero-order valence-electron chi connectivity index (χ0n) is 11.6. The highest BCUT2D eigenvalue weighted by Gasteiger charge is 2.23. The van der Waals surface area contributed by atoms with Crippen molar-refractivity contribution in [3.8, 4) is 5.75 Å². The van der Waals surface area contributed by atoms with Crippen molar-refractivity contribution in [3.63, 3.8) is 0 Å². The summed E-state index contributed by atoms with van der Waals surface area (Å²) in [6.07, 6.45) is 0.358. The second kappa shape index (κ2) is 7.14. The molecule has 0 fully saturated rings. The van der Waals surface area contributed by atoms with E-state index in [9.17, 15) is 9.59 Å². The van der Waals surface area contributed by atoms with Crippen molar-refractivity contribution in [1.82, 2.24) is 5.32 Å². The van der Waals surface area contributed by atoms with Crippen molar-refractivity contribution in [2.24, 2.45) is 5.92 Å². The van der Waals surface area contributed by atoms with E-state index in [1.54, 1.807) is 6.07 Å². The van der Waals surface area contributed by atoms with E-state index in [1.165, 1.54) is 19.2 Å². The van der Waals surface area contributed by atoms with Crippen LogP contribution in [0.2, 0.25) is 5.02 Å². The topological polar surface area (TPSA) is 75.6 Å². The van der Waals surface area contributed by atoms with Gasteiger partial charge in [0.2, 0.25) is 0 Å². The molecule has 1 aromatic rings. The van der Waals surface area contributed by atoms with E-state index >= 15 is 0 Å². The van der Waals surface area contributed by atoms with Gasteiger partial charge >= 0.3 is 5.97 Å². The number of methoxy groups -OCH3 is 1. The van der Waals surface area contributed by atoms with Crippen LogP contribution in [0.15, 0.2) is 18.2 Å². The van der Waals surface area contributed by atoms with Gasteiger partial charge in [0.1, 0.15) is 11.8 Å². The molecule has 1 rings (SSSR count). The molecule has 2 N–H and O–H groups in total. The van der Waals surface area contributed by atoms with Crippen LogP contribution in [0.5, 0.6) is 5.75 Å². The van der Waals surface area contributed by atoms with E-state index < -0.39 is 17.9 Å². The van der Waals surface area contributed by atoms with Crippen molar-refractivity contribution in [1.29, 1.82) is 0 Å². The van der Waals surface area contributed by atoms with E-state index in [0.717, 1.165) is 0 Å². The van der Waals surface area contributed by atoms with E-state index in [4.69, 9.17) is 21.4 Å². The average molecular weight is 300 g/mol. The standard InChI is InChI=1S/C14H18ClNO4/c1-8(2)6-11(14(18)19)16-13(17)10-5-4-9(15)7-12(10)20-3/h4-5,7-8,11H,6H2,1-3H3,(H,16,17)(H,18,19). The number of ether oxygens (including phenoxy) is 1. The lowest BCUT2D eigenvalue weighted by Gasteiger charge is -2.17. The number of carboxylic acids is 1. The quantitative estimate of drug-likeness (QED) is 0.846. The zero-order valence-corrected chi connectivity index (χ0v) is 12.4. The van der Waals surface area contributed by atoms with Gasteiger partial charge in [0.05, 0.1) is 12.7 Å². The van der Waals surface area contributed by atoms with Crippen LogP contribution in [-0.2, 0) is 4.79 Å². The van der Waals surface area contributed by atoms with Gasteiger partial charge in [-0.25, -0.2) is 4.79 Å². The molecule has 0 aliphatic carbocycles. The van der Waals surface area contributed by atoms with Gasteiger partial charge in [-0.1, -0.05) is 25.4 Å². The lowest BCUT2D eigenvalue weighted by molar-refractivity contribution is -0.139. The molecule has 20 heavy (non-hydrogen) atoms. The summed E-state index contributed by atoms with van der Waals surface area (Å²) < 4.78 is 5.08. The smallest absolute Gasteiger partial charge is 0.326 e. The summed E-state index contributed by atoms with van der Waals surface area (Å²) in [5.41, 5.74) is 0.256. The third-order valence-corrected chi connectivity index (χ3v) is 2.95. The van der Waals surface area contributed by atoms with E-state index in [0.29, 0.717) is 17.2 Å². The molecule has 0 aliphatic rings. The van der Waals surface area contributed by atoms with Gasteiger partial charge < -0.3 is 15.2 Å². The maximum absolute atomic E-state index is 12.1. The lowest BCUT2D eigenvalue weighted by atomic mass is 10.0. The molecule has 1 aromatic carbocycles. The molecule has 0 saturated heterocycles. The van der Waals surface area contributed by atoms with Crippen LogP contribution in [0.4, 0.5) is 0 Å². The van der Waals surface area contributed by atoms with Crippen LogP contribution in [0.1, 0.15) is 30.6 Å². The van der Waals surface area contributed by atoms with Gasteiger partial charge in [-0.15, -0.1) is 0 Å². The molecular formula is C14H18ClNO4. The van der Waals surface area contributed by atoms with E-state index in [-0.39, 0.29) is 11.5 Å². The number of hydrogen-bond acceptors (Lipinski definition) is 3. The van der Waals surface area contributed by atoms with Gasteiger partial charge in [-0.3, -0.25) is 4.79 Å². The highest BCUT2D eigenvalue weighted by atomic mass is 35.5. The largest absolute Gasteiger partial charge is 0.496 e. The van der Waals surface area contributed by atoms with Gasteiger partial charge in [0.15, 0.2) is 0 Å².